The van der Waals surface area contributed by atoms with Gasteiger partial charge in [-0.15, -0.1) is 0 Å². The molecule has 1 unspecified atom stereocenters. The van der Waals surface area contributed by atoms with Crippen LogP contribution in [0.25, 0.3) is 22.2 Å². The van der Waals surface area contributed by atoms with Crippen molar-refractivity contribution in [3.8, 4) is 11.1 Å². The first-order valence-electron chi connectivity index (χ1n) is 14.7. The first-order valence-corrected chi connectivity index (χ1v) is 16.3. The standard InChI is InChI=1S/C30H25F9N6O5S/c1-15(29(34,35)36)44-25-17(11-41-28(43-25)42-19-10-18(31)12-40-13-19)9-21(26(44)46)20-7-8-22(24(33)23(20)32)45(50-27(47)30(37,38)39)51(48,49)14-16-5-3-2-4-6-16/h2-9,11,15,18-19,40H,10,12-14H2,1H3,(H,41,42,43)/t15?,18-,19-/m0/s1. The van der Waals surface area contributed by atoms with Gasteiger partial charge in [-0.05, 0) is 30.7 Å². The Morgan fingerprint density at radius 2 is 1.75 bits per heavy atom. The summed E-state index contributed by atoms with van der Waals surface area (Å²) in [7, 11) is -5.24. The number of hydrogen-bond acceptors (Lipinski definition) is 9. The highest BCUT2D eigenvalue weighted by atomic mass is 32.2. The van der Waals surface area contributed by atoms with Gasteiger partial charge in [0.15, 0.2) is 11.6 Å². The Morgan fingerprint density at radius 3 is 2.37 bits per heavy atom. The highest BCUT2D eigenvalue weighted by Gasteiger charge is 2.45. The fourth-order valence-corrected chi connectivity index (χ4v) is 6.54. The lowest BCUT2D eigenvalue weighted by molar-refractivity contribution is -0.199. The molecule has 0 bridgehead atoms. The van der Waals surface area contributed by atoms with E-state index in [9.17, 15) is 48.7 Å². The Labute approximate surface area is 282 Å². The quantitative estimate of drug-likeness (QED) is 0.172. The van der Waals surface area contributed by atoms with Crippen LogP contribution in [0.2, 0.25) is 0 Å². The van der Waals surface area contributed by atoms with Crippen LogP contribution in [0.5, 0.6) is 0 Å². The number of rotatable bonds is 9. The second kappa shape index (κ2) is 14.0. The molecule has 21 heteroatoms. The predicted octanol–water partition coefficient (Wildman–Crippen LogP) is 5.33. The summed E-state index contributed by atoms with van der Waals surface area (Å²) in [4.78, 5) is 37.3. The van der Waals surface area contributed by atoms with Gasteiger partial charge < -0.3 is 15.5 Å². The van der Waals surface area contributed by atoms with E-state index >= 15 is 8.78 Å². The molecule has 2 N–H and O–H groups in total. The number of nitrogens with zero attached hydrogens (tertiary/aromatic N) is 4. The van der Waals surface area contributed by atoms with Crippen LogP contribution < -0.4 is 20.7 Å². The summed E-state index contributed by atoms with van der Waals surface area (Å²) in [5, 5.41) is 5.29. The van der Waals surface area contributed by atoms with E-state index in [1.807, 2.05) is 0 Å². The summed E-state index contributed by atoms with van der Waals surface area (Å²) < 4.78 is 153. The van der Waals surface area contributed by atoms with Crippen molar-refractivity contribution >= 4 is 38.7 Å². The minimum atomic E-state index is -5.79. The number of aromatic nitrogens is 3. The molecule has 1 fully saturated rings. The number of carbonyl (C=O) groups excluding carboxylic acids is 1. The lowest BCUT2D eigenvalue weighted by Gasteiger charge is -2.26. The number of nitrogens with one attached hydrogen (secondary N) is 2. The second-order valence-corrected chi connectivity index (χ2v) is 13.1. The Morgan fingerprint density at radius 1 is 1.06 bits per heavy atom. The first-order chi connectivity index (χ1) is 23.8. The summed E-state index contributed by atoms with van der Waals surface area (Å²) in [6.07, 6.45) is -11.1. The number of hydrogen-bond donors (Lipinski definition) is 2. The van der Waals surface area contributed by atoms with E-state index in [1.165, 1.54) is 30.3 Å². The third kappa shape index (κ3) is 8.03. The van der Waals surface area contributed by atoms with E-state index < -0.39 is 96.5 Å². The molecule has 0 saturated carbocycles. The van der Waals surface area contributed by atoms with E-state index in [1.54, 1.807) is 0 Å². The van der Waals surface area contributed by atoms with Crippen LogP contribution in [0.3, 0.4) is 0 Å². The van der Waals surface area contributed by atoms with Gasteiger partial charge in [0.2, 0.25) is 5.95 Å². The molecule has 1 aliphatic heterocycles. The van der Waals surface area contributed by atoms with Crippen LogP contribution in [-0.4, -0.2) is 66.6 Å². The molecule has 0 amide bonds. The van der Waals surface area contributed by atoms with E-state index in [4.69, 9.17) is 0 Å². The normalized spacial score (nSPS) is 17.6. The molecule has 11 nitrogen and oxygen atoms in total. The minimum absolute atomic E-state index is 0.0142. The van der Waals surface area contributed by atoms with Gasteiger partial charge in [0.25, 0.3) is 15.6 Å². The maximum Gasteiger partial charge on any atom is 0.493 e. The van der Waals surface area contributed by atoms with Gasteiger partial charge in [-0.3, -0.25) is 9.36 Å². The van der Waals surface area contributed by atoms with Crippen molar-refractivity contribution in [1.82, 2.24) is 19.9 Å². The number of halogens is 9. The fraction of sp³-hybridized carbons (Fsp3) is 0.333. The van der Waals surface area contributed by atoms with Gasteiger partial charge in [0.1, 0.15) is 23.5 Å². The number of piperidine rings is 1. The van der Waals surface area contributed by atoms with Crippen molar-refractivity contribution in [3.05, 3.63) is 82.3 Å². The van der Waals surface area contributed by atoms with Crippen LogP contribution in [-0.2, 0) is 25.4 Å². The number of fused-ring (bicyclic) bond motifs is 1. The van der Waals surface area contributed by atoms with Gasteiger partial charge in [-0.25, -0.2) is 31.4 Å². The predicted molar refractivity (Wildman–Crippen MR) is 163 cm³/mol. The van der Waals surface area contributed by atoms with Crippen molar-refractivity contribution < 1.29 is 57.6 Å². The van der Waals surface area contributed by atoms with Crippen molar-refractivity contribution in [1.29, 1.82) is 0 Å². The molecule has 3 atom stereocenters. The lowest BCUT2D eigenvalue weighted by Crippen LogP contribution is -2.44. The zero-order chi connectivity index (χ0) is 37.5. The van der Waals surface area contributed by atoms with E-state index in [0.29, 0.717) is 19.1 Å². The summed E-state index contributed by atoms with van der Waals surface area (Å²) in [5.41, 5.74) is -5.71. The average molecular weight is 753 g/mol. The number of alkyl halides is 7. The topological polar surface area (TPSA) is 136 Å². The molecule has 0 radical (unpaired) electrons. The van der Waals surface area contributed by atoms with Gasteiger partial charge in [-0.2, -0.15) is 31.3 Å². The van der Waals surface area contributed by atoms with Crippen molar-refractivity contribution in [2.24, 2.45) is 0 Å². The van der Waals surface area contributed by atoms with Crippen LogP contribution >= 0.6 is 0 Å². The third-order valence-electron chi connectivity index (χ3n) is 7.65. The summed E-state index contributed by atoms with van der Waals surface area (Å²) >= 11 is 0. The number of carbonyl (C=O) groups is 1. The molecule has 274 valence electrons. The van der Waals surface area contributed by atoms with Crippen LogP contribution in [0, 0.1) is 11.6 Å². The van der Waals surface area contributed by atoms with Crippen molar-refractivity contribution in [2.45, 2.75) is 49.7 Å². The molecule has 3 heterocycles. The maximum atomic E-state index is 15.8. The molecule has 2 aromatic heterocycles. The van der Waals surface area contributed by atoms with Gasteiger partial charge in [0.05, 0.1) is 11.3 Å². The Balaban J connectivity index is 1.63. The molecule has 0 aliphatic carbocycles. The lowest BCUT2D eigenvalue weighted by atomic mass is 10.0. The molecule has 1 saturated heterocycles. The number of pyridine rings is 1. The average Bonchev–Trinajstić information content (AvgIpc) is 3.04. The maximum absolute atomic E-state index is 15.8. The summed E-state index contributed by atoms with van der Waals surface area (Å²) in [6.45, 7) is 0.928. The van der Waals surface area contributed by atoms with Crippen molar-refractivity contribution in [3.63, 3.8) is 0 Å². The van der Waals surface area contributed by atoms with E-state index in [0.717, 1.165) is 12.3 Å². The number of anilines is 2. The second-order valence-electron chi connectivity index (χ2n) is 11.4. The molecule has 5 rings (SSSR count). The van der Waals surface area contributed by atoms with E-state index in [-0.39, 0.29) is 41.0 Å². The molecular weight excluding hydrogens is 727 g/mol. The molecule has 0 spiro atoms. The van der Waals surface area contributed by atoms with Crippen LogP contribution in [0.4, 0.5) is 51.1 Å². The van der Waals surface area contributed by atoms with Gasteiger partial charge in [-0.1, -0.05) is 34.8 Å². The highest BCUT2D eigenvalue weighted by Crippen LogP contribution is 2.36. The zero-order valence-electron chi connectivity index (χ0n) is 25.9. The monoisotopic (exact) mass is 752 g/mol. The van der Waals surface area contributed by atoms with Crippen molar-refractivity contribution in [2.75, 3.05) is 22.9 Å². The van der Waals surface area contributed by atoms with Gasteiger partial charge >= 0.3 is 18.3 Å². The van der Waals surface area contributed by atoms with E-state index in [2.05, 4.69) is 25.4 Å². The molecule has 4 aromatic rings. The number of benzene rings is 2. The summed E-state index contributed by atoms with van der Waals surface area (Å²) in [6, 6.07) is 5.15. The summed E-state index contributed by atoms with van der Waals surface area (Å²) in [5.74, 6) is -8.88. The first kappa shape index (κ1) is 37.3. The Kier molecular flexibility index (Phi) is 10.3. The zero-order valence-corrected chi connectivity index (χ0v) is 26.7. The Bertz CT molecular complexity index is 2110. The van der Waals surface area contributed by atoms with Crippen LogP contribution in [0.15, 0.2) is 59.5 Å². The van der Waals surface area contributed by atoms with Gasteiger partial charge in [0, 0.05) is 42.7 Å². The van der Waals surface area contributed by atoms with Crippen LogP contribution in [0.1, 0.15) is 24.9 Å². The number of sulfonamides is 1. The minimum Gasteiger partial charge on any atom is -0.350 e. The Hall–Kier alpha value is -4.92. The SMILES string of the molecule is CC(n1c(=O)c(-c2ccc(N(OC(=O)C(F)(F)F)S(=O)(=O)Cc3ccccc3)c(F)c2F)cc2cnc(N[C@@H]3CNC[C@@H](F)C3)nc21)C(F)(F)F. The molecule has 1 aliphatic rings. The molecule has 51 heavy (non-hydrogen) atoms. The highest BCUT2D eigenvalue weighted by molar-refractivity contribution is 7.91. The largest absolute Gasteiger partial charge is 0.493 e. The molecule has 2 aromatic carbocycles. The molecular formula is C30H25F9N6O5S. The fourth-order valence-electron chi connectivity index (χ4n) is 5.19. The smallest absolute Gasteiger partial charge is 0.350 e. The third-order valence-corrected chi connectivity index (χ3v) is 9.13.